The molecule has 0 bridgehead atoms. The summed E-state index contributed by atoms with van der Waals surface area (Å²) in [7, 11) is 0. The number of hydrogen-bond donors (Lipinski definition) is 1. The predicted octanol–water partition coefficient (Wildman–Crippen LogP) is 3.57. The van der Waals surface area contributed by atoms with Gasteiger partial charge in [-0.3, -0.25) is 9.69 Å². The highest BCUT2D eigenvalue weighted by molar-refractivity contribution is 6.13. The molecule has 0 unspecified atom stereocenters. The van der Waals surface area contributed by atoms with Crippen LogP contribution in [0, 0.1) is 0 Å². The van der Waals surface area contributed by atoms with Crippen molar-refractivity contribution < 1.29 is 9.59 Å². The molecule has 0 atom stereocenters. The van der Waals surface area contributed by atoms with Gasteiger partial charge in [0, 0.05) is 18.1 Å². The maximum atomic E-state index is 12.6. The monoisotopic (exact) mass is 343 g/mol. The molecule has 1 aliphatic rings. The van der Waals surface area contributed by atoms with Gasteiger partial charge in [0.1, 0.15) is 5.70 Å². The molecule has 1 aromatic heterocycles. The molecule has 1 saturated heterocycles. The van der Waals surface area contributed by atoms with E-state index in [0.717, 1.165) is 16.8 Å². The number of nitrogens with one attached hydrogen (secondary N) is 1. The van der Waals surface area contributed by atoms with Gasteiger partial charge in [-0.2, -0.15) is 0 Å². The highest BCUT2D eigenvalue weighted by Gasteiger charge is 2.33. The molecule has 5 nitrogen and oxygen atoms in total. The van der Waals surface area contributed by atoms with Gasteiger partial charge in [0.2, 0.25) is 0 Å². The highest BCUT2D eigenvalue weighted by Crippen LogP contribution is 2.18. The molecule has 0 spiro atoms. The van der Waals surface area contributed by atoms with Crippen LogP contribution in [0.5, 0.6) is 0 Å². The molecule has 3 amide bonds. The summed E-state index contributed by atoms with van der Waals surface area (Å²) in [4.78, 5) is 26.0. The maximum Gasteiger partial charge on any atom is 0.329 e. The lowest BCUT2D eigenvalue weighted by atomic mass is 10.2. The molecule has 0 saturated carbocycles. The van der Waals surface area contributed by atoms with Crippen molar-refractivity contribution >= 4 is 18.0 Å². The number of hydrogen-bond acceptors (Lipinski definition) is 2. The third-order valence-electron chi connectivity index (χ3n) is 4.23. The summed E-state index contributed by atoms with van der Waals surface area (Å²) in [5, 5.41) is 2.66. The van der Waals surface area contributed by atoms with E-state index in [1.807, 2.05) is 83.7 Å². The number of imide groups is 1. The smallest absolute Gasteiger partial charge is 0.323 e. The second-order valence-corrected chi connectivity index (χ2v) is 6.05. The van der Waals surface area contributed by atoms with E-state index in [-0.39, 0.29) is 18.1 Å². The Hall–Kier alpha value is -3.60. The van der Waals surface area contributed by atoms with E-state index in [9.17, 15) is 9.59 Å². The number of para-hydroxylation sites is 1. The van der Waals surface area contributed by atoms with Crippen molar-refractivity contribution in [2.75, 3.05) is 0 Å². The van der Waals surface area contributed by atoms with E-state index in [0.29, 0.717) is 0 Å². The number of carbonyl (C=O) groups excluding carboxylic acids is 2. The number of amides is 3. The summed E-state index contributed by atoms with van der Waals surface area (Å²) in [5.74, 6) is -0.314. The van der Waals surface area contributed by atoms with Gasteiger partial charge in [-0.05, 0) is 35.4 Å². The summed E-state index contributed by atoms with van der Waals surface area (Å²) in [6.07, 6.45) is 5.54. The first-order valence-electron chi connectivity index (χ1n) is 8.32. The topological polar surface area (TPSA) is 54.3 Å². The first kappa shape index (κ1) is 15.9. The molecule has 4 rings (SSSR count). The lowest BCUT2D eigenvalue weighted by Crippen LogP contribution is -2.30. The lowest BCUT2D eigenvalue weighted by molar-refractivity contribution is -0.123. The van der Waals surface area contributed by atoms with Crippen LogP contribution in [0.15, 0.2) is 84.8 Å². The number of urea groups is 1. The molecular formula is C21H17N3O2. The van der Waals surface area contributed by atoms with Crippen molar-refractivity contribution in [3.63, 3.8) is 0 Å². The van der Waals surface area contributed by atoms with E-state index in [1.165, 1.54) is 4.90 Å². The predicted molar refractivity (Wildman–Crippen MR) is 99.3 cm³/mol. The molecule has 3 aromatic rings. The van der Waals surface area contributed by atoms with Crippen LogP contribution in [0.2, 0.25) is 0 Å². The second-order valence-electron chi connectivity index (χ2n) is 6.05. The summed E-state index contributed by atoms with van der Waals surface area (Å²) in [5.41, 5.74) is 3.08. The standard InChI is InChI=1S/C21H17N3O2/c25-20-19(22-21(26)24(20)15-16-7-3-1-4-8-16)13-17-11-12-23(14-17)18-9-5-2-6-10-18/h1-14H,15H2,(H,22,26)/b19-13+. The number of carbonyl (C=O) groups is 2. The molecule has 1 fully saturated rings. The minimum Gasteiger partial charge on any atom is -0.323 e. The molecule has 5 heteroatoms. The number of rotatable bonds is 4. The minimum atomic E-state index is -0.396. The Morgan fingerprint density at radius 1 is 0.885 bits per heavy atom. The van der Waals surface area contributed by atoms with Crippen LogP contribution < -0.4 is 5.32 Å². The van der Waals surface area contributed by atoms with E-state index in [1.54, 1.807) is 6.08 Å². The van der Waals surface area contributed by atoms with Gasteiger partial charge < -0.3 is 9.88 Å². The van der Waals surface area contributed by atoms with E-state index in [2.05, 4.69) is 5.32 Å². The van der Waals surface area contributed by atoms with Crippen LogP contribution in [0.4, 0.5) is 4.79 Å². The lowest BCUT2D eigenvalue weighted by Gasteiger charge is -2.11. The maximum absolute atomic E-state index is 12.6. The number of nitrogens with zero attached hydrogens (tertiary/aromatic N) is 2. The molecule has 2 aromatic carbocycles. The first-order valence-corrected chi connectivity index (χ1v) is 8.32. The molecule has 1 N–H and O–H groups in total. The van der Waals surface area contributed by atoms with Crippen LogP contribution in [-0.2, 0) is 11.3 Å². The van der Waals surface area contributed by atoms with E-state index in [4.69, 9.17) is 0 Å². The minimum absolute atomic E-state index is 0.258. The average molecular weight is 343 g/mol. The van der Waals surface area contributed by atoms with Gasteiger partial charge in [-0.25, -0.2) is 4.79 Å². The molecule has 26 heavy (non-hydrogen) atoms. The van der Waals surface area contributed by atoms with Gasteiger partial charge in [0.25, 0.3) is 5.91 Å². The van der Waals surface area contributed by atoms with Crippen LogP contribution in [0.3, 0.4) is 0 Å². The van der Waals surface area contributed by atoms with Crippen molar-refractivity contribution in [2.24, 2.45) is 0 Å². The zero-order valence-electron chi connectivity index (χ0n) is 14.0. The van der Waals surface area contributed by atoms with E-state index >= 15 is 0 Å². The Balaban J connectivity index is 1.54. The fraction of sp³-hybridized carbons (Fsp3) is 0.0476. The number of benzene rings is 2. The van der Waals surface area contributed by atoms with Gasteiger partial charge in [-0.15, -0.1) is 0 Å². The summed E-state index contributed by atoms with van der Waals surface area (Å²) < 4.78 is 1.97. The quantitative estimate of drug-likeness (QED) is 0.582. The Labute approximate surface area is 151 Å². The fourth-order valence-electron chi connectivity index (χ4n) is 2.91. The largest absolute Gasteiger partial charge is 0.329 e. The van der Waals surface area contributed by atoms with E-state index < -0.39 is 6.03 Å². The first-order chi connectivity index (χ1) is 12.7. The molecule has 128 valence electrons. The highest BCUT2D eigenvalue weighted by atomic mass is 16.2. The Bertz CT molecular complexity index is 975. The Kier molecular flexibility index (Phi) is 4.11. The molecule has 2 heterocycles. The molecular weight excluding hydrogens is 326 g/mol. The Morgan fingerprint density at radius 2 is 1.58 bits per heavy atom. The third kappa shape index (κ3) is 3.15. The van der Waals surface area contributed by atoms with Crippen LogP contribution in [-0.4, -0.2) is 21.4 Å². The van der Waals surface area contributed by atoms with Crippen molar-refractivity contribution in [3.8, 4) is 5.69 Å². The van der Waals surface area contributed by atoms with Crippen LogP contribution in [0.1, 0.15) is 11.1 Å². The average Bonchev–Trinajstić information content (AvgIpc) is 3.24. The van der Waals surface area contributed by atoms with Crippen molar-refractivity contribution in [1.82, 2.24) is 14.8 Å². The van der Waals surface area contributed by atoms with Crippen LogP contribution in [0.25, 0.3) is 11.8 Å². The fourth-order valence-corrected chi connectivity index (χ4v) is 2.91. The van der Waals surface area contributed by atoms with Gasteiger partial charge >= 0.3 is 6.03 Å². The van der Waals surface area contributed by atoms with Crippen molar-refractivity contribution in [1.29, 1.82) is 0 Å². The Morgan fingerprint density at radius 3 is 2.31 bits per heavy atom. The number of aromatic nitrogens is 1. The SMILES string of the molecule is O=C1N/C(=C/c2ccn(-c3ccccc3)c2)C(=O)N1Cc1ccccc1. The normalized spacial score (nSPS) is 15.5. The summed E-state index contributed by atoms with van der Waals surface area (Å²) in [6.45, 7) is 0.258. The van der Waals surface area contributed by atoms with Gasteiger partial charge in [0.15, 0.2) is 0 Å². The zero-order chi connectivity index (χ0) is 17.9. The van der Waals surface area contributed by atoms with Crippen molar-refractivity contribution in [2.45, 2.75) is 6.54 Å². The summed E-state index contributed by atoms with van der Waals surface area (Å²) >= 11 is 0. The van der Waals surface area contributed by atoms with Crippen LogP contribution >= 0.6 is 0 Å². The summed E-state index contributed by atoms with van der Waals surface area (Å²) in [6, 6.07) is 20.9. The van der Waals surface area contributed by atoms with Gasteiger partial charge in [0.05, 0.1) is 6.54 Å². The van der Waals surface area contributed by atoms with Crippen molar-refractivity contribution in [3.05, 3.63) is 95.9 Å². The second kappa shape index (κ2) is 6.72. The molecule has 0 aliphatic carbocycles. The zero-order valence-corrected chi connectivity index (χ0v) is 14.0. The van der Waals surface area contributed by atoms with Gasteiger partial charge in [-0.1, -0.05) is 48.5 Å². The molecule has 0 radical (unpaired) electrons. The molecule has 1 aliphatic heterocycles. The third-order valence-corrected chi connectivity index (χ3v) is 4.23.